The Hall–Kier alpha value is -1.65. The van der Waals surface area contributed by atoms with Gasteiger partial charge in [0.1, 0.15) is 5.41 Å². The Morgan fingerprint density at radius 3 is 2.81 bits per heavy atom. The van der Waals surface area contributed by atoms with Crippen molar-refractivity contribution in [1.82, 2.24) is 0 Å². The topological polar surface area (TPSA) is 65.0 Å². The third-order valence-electron chi connectivity index (χ3n) is 3.72. The zero-order chi connectivity index (χ0) is 15.7. The molecule has 1 aliphatic rings. The van der Waals surface area contributed by atoms with Gasteiger partial charge in [0.05, 0.1) is 12.3 Å². The van der Waals surface area contributed by atoms with Gasteiger partial charge in [0, 0.05) is 6.42 Å². The molecule has 1 rings (SSSR count). The Labute approximate surface area is 126 Å². The molecular weight excluding hydrogens is 270 g/mol. The Bertz CT molecular complexity index is 417. The first-order valence-electron chi connectivity index (χ1n) is 7.66. The van der Waals surface area contributed by atoms with Gasteiger partial charge in [0.25, 0.3) is 0 Å². The highest BCUT2D eigenvalue weighted by Crippen LogP contribution is 2.41. The number of oxime groups is 1. The number of carbonyl (C=O) groups is 2. The minimum atomic E-state index is -0.753. The summed E-state index contributed by atoms with van der Waals surface area (Å²) in [5.41, 5.74) is -0.122. The number of allylic oxidation sites excluding steroid dienone is 1. The van der Waals surface area contributed by atoms with E-state index in [1.807, 2.05) is 6.92 Å². The molecule has 0 aromatic carbocycles. The van der Waals surface area contributed by atoms with Crippen LogP contribution >= 0.6 is 0 Å². The van der Waals surface area contributed by atoms with Crippen LogP contribution in [0.25, 0.3) is 0 Å². The fraction of sp³-hybridized carbons (Fsp3) is 0.688. The zero-order valence-electron chi connectivity index (χ0n) is 13.0. The van der Waals surface area contributed by atoms with Crippen LogP contribution in [0.1, 0.15) is 58.8 Å². The van der Waals surface area contributed by atoms with E-state index in [1.54, 1.807) is 13.0 Å². The fourth-order valence-electron chi connectivity index (χ4n) is 2.64. The summed E-state index contributed by atoms with van der Waals surface area (Å²) >= 11 is 0. The highest BCUT2D eigenvalue weighted by atomic mass is 16.7. The van der Waals surface area contributed by atoms with Crippen LogP contribution in [-0.4, -0.2) is 24.3 Å². The van der Waals surface area contributed by atoms with Gasteiger partial charge in [-0.05, 0) is 45.4 Å². The van der Waals surface area contributed by atoms with Crippen molar-refractivity contribution < 1.29 is 19.2 Å². The first-order chi connectivity index (χ1) is 10.1. The zero-order valence-corrected chi connectivity index (χ0v) is 13.0. The maximum Gasteiger partial charge on any atom is 0.334 e. The van der Waals surface area contributed by atoms with Gasteiger partial charge in [-0.15, -0.1) is 6.58 Å². The molecule has 1 saturated carbocycles. The van der Waals surface area contributed by atoms with E-state index in [0.29, 0.717) is 50.8 Å². The van der Waals surface area contributed by atoms with Gasteiger partial charge in [0.15, 0.2) is 0 Å². The lowest BCUT2D eigenvalue weighted by atomic mass is 9.80. The predicted octanol–water partition coefficient (Wildman–Crippen LogP) is 3.39. The number of hydrogen-bond acceptors (Lipinski definition) is 5. The summed E-state index contributed by atoms with van der Waals surface area (Å²) in [7, 11) is 0. The van der Waals surface area contributed by atoms with Gasteiger partial charge in [0.2, 0.25) is 0 Å². The molecule has 0 aromatic rings. The molecule has 0 aliphatic heterocycles. The van der Waals surface area contributed by atoms with Crippen LogP contribution in [0.4, 0.5) is 0 Å². The van der Waals surface area contributed by atoms with Gasteiger partial charge in [-0.25, -0.2) is 4.79 Å². The van der Waals surface area contributed by atoms with Gasteiger partial charge in [-0.1, -0.05) is 18.2 Å². The van der Waals surface area contributed by atoms with Crippen molar-refractivity contribution in [2.45, 2.75) is 58.8 Å². The van der Waals surface area contributed by atoms with Gasteiger partial charge in [-0.2, -0.15) is 0 Å². The molecule has 118 valence electrons. The van der Waals surface area contributed by atoms with E-state index in [9.17, 15) is 9.59 Å². The number of nitrogens with zero attached hydrogens (tertiary/aromatic N) is 1. The normalized spacial score (nSPS) is 23.0. The van der Waals surface area contributed by atoms with Crippen molar-refractivity contribution in [2.24, 2.45) is 10.6 Å². The standard InChI is InChI=1S/C16H25NO4/c1-4-7-11-16(15(19)20-6-3)12-8-10-13(16)17-21-14(18)9-5-2/h4H,1,5-12H2,2-3H3/b17-13-/t16-/m0/s1. The van der Waals surface area contributed by atoms with E-state index in [4.69, 9.17) is 9.57 Å². The van der Waals surface area contributed by atoms with Crippen molar-refractivity contribution in [3.8, 4) is 0 Å². The van der Waals surface area contributed by atoms with E-state index in [2.05, 4.69) is 11.7 Å². The largest absolute Gasteiger partial charge is 0.465 e. The fourth-order valence-corrected chi connectivity index (χ4v) is 2.64. The molecule has 0 saturated heterocycles. The van der Waals surface area contributed by atoms with Crippen molar-refractivity contribution in [3.05, 3.63) is 12.7 Å². The number of esters is 1. The molecule has 21 heavy (non-hydrogen) atoms. The lowest BCUT2D eigenvalue weighted by Gasteiger charge is -2.26. The average Bonchev–Trinajstić information content (AvgIpc) is 2.87. The Morgan fingerprint density at radius 2 is 2.19 bits per heavy atom. The molecule has 0 radical (unpaired) electrons. The van der Waals surface area contributed by atoms with Crippen LogP contribution in [0.5, 0.6) is 0 Å². The average molecular weight is 295 g/mol. The molecule has 5 heteroatoms. The van der Waals surface area contributed by atoms with Crippen LogP contribution in [0.15, 0.2) is 17.8 Å². The Morgan fingerprint density at radius 1 is 1.43 bits per heavy atom. The summed E-state index contributed by atoms with van der Waals surface area (Å²) in [5.74, 6) is -0.631. The first-order valence-corrected chi connectivity index (χ1v) is 7.66. The summed E-state index contributed by atoms with van der Waals surface area (Å²) in [6.45, 7) is 7.72. The summed E-state index contributed by atoms with van der Waals surface area (Å²) < 4.78 is 5.22. The molecule has 0 unspecified atom stereocenters. The van der Waals surface area contributed by atoms with Crippen LogP contribution in [-0.2, 0) is 19.2 Å². The molecule has 0 aromatic heterocycles. The second-order valence-corrected chi connectivity index (χ2v) is 5.23. The van der Waals surface area contributed by atoms with E-state index < -0.39 is 5.41 Å². The van der Waals surface area contributed by atoms with Crippen LogP contribution < -0.4 is 0 Å². The number of hydrogen-bond donors (Lipinski definition) is 0. The van der Waals surface area contributed by atoms with E-state index in [0.717, 1.165) is 6.42 Å². The Balaban J connectivity index is 2.92. The lowest BCUT2D eigenvalue weighted by Crippen LogP contribution is -2.37. The maximum atomic E-state index is 12.4. The number of carbonyl (C=O) groups excluding carboxylic acids is 2. The molecule has 0 spiro atoms. The highest BCUT2D eigenvalue weighted by Gasteiger charge is 2.48. The highest BCUT2D eigenvalue weighted by molar-refractivity contribution is 6.08. The van der Waals surface area contributed by atoms with Crippen LogP contribution in [0.2, 0.25) is 0 Å². The quantitative estimate of drug-likeness (QED) is 0.298. The van der Waals surface area contributed by atoms with Gasteiger partial charge >= 0.3 is 11.9 Å². The van der Waals surface area contributed by atoms with Crippen LogP contribution in [0.3, 0.4) is 0 Å². The lowest BCUT2D eigenvalue weighted by molar-refractivity contribution is -0.152. The molecule has 0 heterocycles. The molecule has 0 bridgehead atoms. The second-order valence-electron chi connectivity index (χ2n) is 5.23. The van der Waals surface area contributed by atoms with Gasteiger partial charge in [-0.3, -0.25) is 4.79 Å². The van der Waals surface area contributed by atoms with E-state index in [1.165, 1.54) is 0 Å². The van der Waals surface area contributed by atoms with Crippen molar-refractivity contribution in [1.29, 1.82) is 0 Å². The summed E-state index contributed by atoms with van der Waals surface area (Å²) in [6, 6.07) is 0. The smallest absolute Gasteiger partial charge is 0.334 e. The molecule has 0 amide bonds. The molecule has 5 nitrogen and oxygen atoms in total. The summed E-state index contributed by atoms with van der Waals surface area (Å²) in [6.07, 6.45) is 6.30. The minimum Gasteiger partial charge on any atom is -0.465 e. The molecule has 1 aliphatic carbocycles. The second kappa shape index (κ2) is 8.60. The van der Waals surface area contributed by atoms with Crippen LogP contribution in [0, 0.1) is 5.41 Å². The summed E-state index contributed by atoms with van der Waals surface area (Å²) in [5, 5.41) is 3.98. The third kappa shape index (κ3) is 4.41. The SMILES string of the molecule is C=CCC[C@]1(C(=O)OCC)CCC/C1=N/OC(=O)CCC. The predicted molar refractivity (Wildman–Crippen MR) is 80.8 cm³/mol. The molecule has 1 atom stereocenters. The van der Waals surface area contributed by atoms with Crippen molar-refractivity contribution in [3.63, 3.8) is 0 Å². The maximum absolute atomic E-state index is 12.4. The van der Waals surface area contributed by atoms with E-state index in [-0.39, 0.29) is 11.9 Å². The van der Waals surface area contributed by atoms with Gasteiger partial charge < -0.3 is 9.57 Å². The first kappa shape index (κ1) is 17.4. The minimum absolute atomic E-state index is 0.269. The number of ether oxygens (including phenoxy) is 1. The molecule has 0 N–H and O–H groups in total. The third-order valence-corrected chi connectivity index (χ3v) is 3.72. The number of rotatable bonds is 8. The molecule has 1 fully saturated rings. The molecular formula is C16H25NO4. The summed E-state index contributed by atoms with van der Waals surface area (Å²) in [4.78, 5) is 28.8. The Kier molecular flexibility index (Phi) is 7.12. The van der Waals surface area contributed by atoms with Crippen molar-refractivity contribution >= 4 is 17.7 Å². The van der Waals surface area contributed by atoms with E-state index >= 15 is 0 Å². The monoisotopic (exact) mass is 295 g/mol. The van der Waals surface area contributed by atoms with Crippen molar-refractivity contribution in [2.75, 3.05) is 6.61 Å².